The lowest BCUT2D eigenvalue weighted by Crippen LogP contribution is -2.17. The first-order valence-electron chi connectivity index (χ1n) is 6.56. The summed E-state index contributed by atoms with van der Waals surface area (Å²) in [6, 6.07) is 10.9. The molecule has 0 aromatic heterocycles. The van der Waals surface area contributed by atoms with Gasteiger partial charge in [0.15, 0.2) is 0 Å². The van der Waals surface area contributed by atoms with Gasteiger partial charge >= 0.3 is 0 Å². The number of ether oxygens (including phenoxy) is 1. The van der Waals surface area contributed by atoms with Crippen LogP contribution >= 0.6 is 31.9 Å². The summed E-state index contributed by atoms with van der Waals surface area (Å²) in [5, 5.41) is 0. The average Bonchev–Trinajstić information content (AvgIpc) is 2.39. The van der Waals surface area contributed by atoms with E-state index in [1.807, 2.05) is 25.1 Å². The highest BCUT2D eigenvalue weighted by Crippen LogP contribution is 2.27. The summed E-state index contributed by atoms with van der Waals surface area (Å²) < 4.78 is 21.0. The Bertz CT molecular complexity index is 632. The Morgan fingerprint density at radius 2 is 1.95 bits per heavy atom. The van der Waals surface area contributed by atoms with Crippen LogP contribution in [0, 0.1) is 5.82 Å². The summed E-state index contributed by atoms with van der Waals surface area (Å²) in [7, 11) is 0. The lowest BCUT2D eigenvalue weighted by molar-refractivity contribution is 0.298. The molecule has 0 saturated carbocycles. The van der Waals surface area contributed by atoms with Crippen molar-refractivity contribution in [2.24, 2.45) is 5.73 Å². The zero-order valence-corrected chi connectivity index (χ0v) is 14.7. The highest BCUT2D eigenvalue weighted by atomic mass is 79.9. The second kappa shape index (κ2) is 7.38. The lowest BCUT2D eigenvalue weighted by Gasteiger charge is -2.11. The van der Waals surface area contributed by atoms with Crippen molar-refractivity contribution in [1.29, 1.82) is 0 Å². The van der Waals surface area contributed by atoms with Crippen LogP contribution in [0.4, 0.5) is 4.39 Å². The zero-order chi connectivity index (χ0) is 15.4. The van der Waals surface area contributed by atoms with Crippen molar-refractivity contribution in [3.8, 4) is 5.75 Å². The number of nitrogens with two attached hydrogens (primary N) is 1. The quantitative estimate of drug-likeness (QED) is 0.758. The molecule has 0 amide bonds. The van der Waals surface area contributed by atoms with Crippen molar-refractivity contribution < 1.29 is 9.13 Å². The number of rotatable bonds is 5. The molecule has 0 saturated heterocycles. The van der Waals surface area contributed by atoms with Gasteiger partial charge in [-0.3, -0.25) is 0 Å². The van der Waals surface area contributed by atoms with Gasteiger partial charge in [-0.05, 0) is 59.1 Å². The number of hydrogen-bond donors (Lipinski definition) is 1. The van der Waals surface area contributed by atoms with Crippen molar-refractivity contribution in [1.82, 2.24) is 0 Å². The van der Waals surface area contributed by atoms with Crippen molar-refractivity contribution >= 4 is 31.9 Å². The van der Waals surface area contributed by atoms with Gasteiger partial charge in [-0.15, -0.1) is 0 Å². The van der Waals surface area contributed by atoms with Gasteiger partial charge in [-0.25, -0.2) is 4.39 Å². The van der Waals surface area contributed by atoms with Crippen LogP contribution < -0.4 is 10.5 Å². The van der Waals surface area contributed by atoms with E-state index in [0.29, 0.717) is 15.8 Å². The minimum absolute atomic E-state index is 0.112. The molecule has 0 heterocycles. The van der Waals surface area contributed by atoms with E-state index < -0.39 is 0 Å². The third kappa shape index (κ3) is 4.80. The maximum absolute atomic E-state index is 13.7. The van der Waals surface area contributed by atoms with Gasteiger partial charge in [0, 0.05) is 16.1 Å². The molecule has 2 nitrogen and oxygen atoms in total. The Morgan fingerprint density at radius 1 is 1.19 bits per heavy atom. The maximum Gasteiger partial charge on any atom is 0.134 e. The molecule has 0 fully saturated rings. The van der Waals surface area contributed by atoms with Gasteiger partial charge in [-0.2, -0.15) is 0 Å². The Kier molecular flexibility index (Phi) is 5.79. The van der Waals surface area contributed by atoms with Crippen LogP contribution in [0.2, 0.25) is 0 Å². The molecular weight excluding hydrogens is 401 g/mol. The third-order valence-electron chi connectivity index (χ3n) is 2.95. The number of hydrogen-bond acceptors (Lipinski definition) is 2. The maximum atomic E-state index is 13.7. The van der Waals surface area contributed by atoms with Crippen LogP contribution in [0.5, 0.6) is 5.75 Å². The van der Waals surface area contributed by atoms with Crippen molar-refractivity contribution in [2.45, 2.75) is 26.0 Å². The van der Waals surface area contributed by atoms with Crippen LogP contribution in [-0.2, 0) is 13.0 Å². The summed E-state index contributed by atoms with van der Waals surface area (Å²) in [5.41, 5.74) is 7.44. The first-order chi connectivity index (χ1) is 9.95. The molecule has 1 unspecified atom stereocenters. The summed E-state index contributed by atoms with van der Waals surface area (Å²) in [4.78, 5) is 0. The molecule has 0 aliphatic heterocycles. The Balaban J connectivity index is 2.06. The van der Waals surface area contributed by atoms with E-state index in [2.05, 4.69) is 31.9 Å². The molecule has 0 radical (unpaired) electrons. The summed E-state index contributed by atoms with van der Waals surface area (Å²) >= 11 is 6.71. The van der Waals surface area contributed by atoms with Gasteiger partial charge < -0.3 is 10.5 Å². The molecule has 2 rings (SSSR count). The van der Waals surface area contributed by atoms with Crippen molar-refractivity contribution in [2.75, 3.05) is 0 Å². The molecule has 5 heteroatoms. The fraction of sp³-hybridized carbons (Fsp3) is 0.250. The van der Waals surface area contributed by atoms with E-state index >= 15 is 0 Å². The third-order valence-corrected chi connectivity index (χ3v) is 4.07. The molecule has 2 aromatic carbocycles. The molecule has 2 N–H and O–H groups in total. The largest absolute Gasteiger partial charge is 0.488 e. The standard InChI is InChI=1S/C16H16Br2FNO/c1-10(20)6-11-2-5-16(14(18)7-11)21-9-12-3-4-13(17)8-15(12)19/h2-5,7-8,10H,6,9,20H2,1H3. The molecule has 0 aliphatic rings. The van der Waals surface area contributed by atoms with Crippen LogP contribution in [-0.4, -0.2) is 6.04 Å². The molecule has 21 heavy (non-hydrogen) atoms. The van der Waals surface area contributed by atoms with Gasteiger partial charge in [-0.1, -0.05) is 28.1 Å². The smallest absolute Gasteiger partial charge is 0.134 e. The average molecular weight is 417 g/mol. The predicted octanol–water partition coefficient (Wildman–Crippen LogP) is 4.82. The zero-order valence-electron chi connectivity index (χ0n) is 11.6. The van der Waals surface area contributed by atoms with Crippen LogP contribution in [0.1, 0.15) is 18.1 Å². The molecule has 2 aromatic rings. The Morgan fingerprint density at radius 3 is 2.57 bits per heavy atom. The van der Waals surface area contributed by atoms with Crippen molar-refractivity contribution in [3.05, 3.63) is 62.3 Å². The summed E-state index contributed by atoms with van der Waals surface area (Å²) in [6.45, 7) is 2.15. The van der Waals surface area contributed by atoms with E-state index in [1.165, 1.54) is 6.07 Å². The Labute approximate surface area is 140 Å². The Hall–Kier alpha value is -0.910. The summed E-state index contributed by atoms with van der Waals surface area (Å²) in [6.07, 6.45) is 0.806. The minimum Gasteiger partial charge on any atom is -0.488 e. The predicted molar refractivity (Wildman–Crippen MR) is 89.9 cm³/mol. The van der Waals surface area contributed by atoms with Crippen LogP contribution in [0.3, 0.4) is 0 Å². The molecule has 112 valence electrons. The fourth-order valence-corrected chi connectivity index (χ4v) is 2.83. The monoisotopic (exact) mass is 415 g/mol. The van der Waals surface area contributed by atoms with E-state index in [9.17, 15) is 4.39 Å². The van der Waals surface area contributed by atoms with Gasteiger partial charge in [0.1, 0.15) is 18.2 Å². The van der Waals surface area contributed by atoms with E-state index in [-0.39, 0.29) is 18.5 Å². The second-order valence-corrected chi connectivity index (χ2v) is 6.74. The minimum atomic E-state index is -0.283. The van der Waals surface area contributed by atoms with Crippen LogP contribution in [0.15, 0.2) is 45.3 Å². The normalized spacial score (nSPS) is 12.2. The van der Waals surface area contributed by atoms with Gasteiger partial charge in [0.05, 0.1) is 4.47 Å². The van der Waals surface area contributed by atoms with Gasteiger partial charge in [0.25, 0.3) is 0 Å². The first kappa shape index (κ1) is 16.5. The number of benzene rings is 2. The van der Waals surface area contributed by atoms with Crippen LogP contribution in [0.25, 0.3) is 0 Å². The molecule has 0 spiro atoms. The topological polar surface area (TPSA) is 35.2 Å². The highest BCUT2D eigenvalue weighted by molar-refractivity contribution is 9.10. The van der Waals surface area contributed by atoms with E-state index in [0.717, 1.165) is 16.5 Å². The lowest BCUT2D eigenvalue weighted by atomic mass is 10.1. The summed E-state index contributed by atoms with van der Waals surface area (Å²) in [5.74, 6) is 0.403. The number of halogens is 3. The first-order valence-corrected chi connectivity index (χ1v) is 8.15. The second-order valence-electron chi connectivity index (χ2n) is 4.97. The van der Waals surface area contributed by atoms with E-state index in [4.69, 9.17) is 10.5 Å². The molecular formula is C16H16Br2FNO. The molecule has 0 aliphatic carbocycles. The SMILES string of the molecule is CC(N)Cc1ccc(OCc2ccc(Br)cc2F)c(Br)c1. The molecule has 0 bridgehead atoms. The van der Waals surface area contributed by atoms with Gasteiger partial charge in [0.2, 0.25) is 0 Å². The highest BCUT2D eigenvalue weighted by Gasteiger charge is 2.07. The van der Waals surface area contributed by atoms with E-state index in [1.54, 1.807) is 12.1 Å². The molecule has 1 atom stereocenters. The fourth-order valence-electron chi connectivity index (χ4n) is 1.95. The van der Waals surface area contributed by atoms with Crippen molar-refractivity contribution in [3.63, 3.8) is 0 Å².